The molecule has 2 saturated carbocycles. The third-order valence-electron chi connectivity index (χ3n) is 8.49. The van der Waals surface area contributed by atoms with Crippen molar-refractivity contribution in [1.29, 1.82) is 0 Å². The Morgan fingerprint density at radius 1 is 1.13 bits per heavy atom. The molecule has 3 fully saturated rings. The summed E-state index contributed by atoms with van der Waals surface area (Å²) >= 11 is 0. The molecule has 2 aliphatic carbocycles. The van der Waals surface area contributed by atoms with Gasteiger partial charge < -0.3 is 0 Å². The van der Waals surface area contributed by atoms with E-state index in [1.807, 2.05) is 6.92 Å². The lowest BCUT2D eigenvalue weighted by Gasteiger charge is -2.55. The molecule has 0 N–H and O–H groups in total. The van der Waals surface area contributed by atoms with Gasteiger partial charge in [0, 0.05) is 19.8 Å². The van der Waals surface area contributed by atoms with E-state index in [-0.39, 0.29) is 0 Å². The summed E-state index contributed by atoms with van der Waals surface area (Å²) < 4.78 is 0. The van der Waals surface area contributed by atoms with Gasteiger partial charge in [-0.15, -0.1) is 0 Å². The van der Waals surface area contributed by atoms with Crippen LogP contribution in [0.1, 0.15) is 79.1 Å². The minimum absolute atomic E-state index is 0.336. The van der Waals surface area contributed by atoms with Crippen molar-refractivity contribution in [2.45, 2.75) is 90.4 Å². The lowest BCUT2D eigenvalue weighted by molar-refractivity contribution is -0.125. The van der Waals surface area contributed by atoms with Gasteiger partial charge in [0.2, 0.25) is 0 Å². The fraction of sp³-hybridized carbons (Fsp3) is 0.952. The van der Waals surface area contributed by atoms with Crippen LogP contribution in [0.25, 0.3) is 0 Å². The van der Waals surface area contributed by atoms with E-state index < -0.39 is 7.26 Å². The van der Waals surface area contributed by atoms with E-state index in [1.165, 1.54) is 57.5 Å². The molecule has 0 aromatic rings. The van der Waals surface area contributed by atoms with Gasteiger partial charge in [-0.25, -0.2) is 0 Å². The van der Waals surface area contributed by atoms with E-state index in [9.17, 15) is 4.79 Å². The molecule has 3 aliphatic rings. The van der Waals surface area contributed by atoms with E-state index >= 15 is 0 Å². The Morgan fingerprint density at radius 2 is 1.87 bits per heavy atom. The molecule has 2 heteroatoms. The first-order valence-electron chi connectivity index (χ1n) is 10.2. The van der Waals surface area contributed by atoms with Crippen molar-refractivity contribution in [2.75, 3.05) is 12.8 Å². The number of hydrogen-bond acceptors (Lipinski definition) is 1. The molecule has 3 rings (SSSR count). The Kier molecular flexibility index (Phi) is 5.01. The molecule has 1 heterocycles. The Balaban J connectivity index is 1.89. The number of carbonyl (C=O) groups is 1. The van der Waals surface area contributed by atoms with Crippen molar-refractivity contribution in [1.82, 2.24) is 0 Å². The molecule has 0 aromatic heterocycles. The summed E-state index contributed by atoms with van der Waals surface area (Å²) in [5.41, 5.74) is 2.41. The SMILES string of the molecule is CCC[P+]1(C)C(CC)CCC2C3CCC(C(C)=O)C3(C)CCC21. The van der Waals surface area contributed by atoms with Crippen LogP contribution >= 0.6 is 7.26 Å². The molecule has 7 atom stereocenters. The lowest BCUT2D eigenvalue weighted by Crippen LogP contribution is -2.49. The first kappa shape index (κ1) is 17.9. The highest BCUT2D eigenvalue weighted by Gasteiger charge is 2.62. The first-order chi connectivity index (χ1) is 10.9. The molecule has 7 unspecified atom stereocenters. The van der Waals surface area contributed by atoms with Gasteiger partial charge in [0.15, 0.2) is 0 Å². The zero-order valence-electron chi connectivity index (χ0n) is 16.1. The molecule has 0 aromatic carbocycles. The normalized spacial score (nSPS) is 49.5. The van der Waals surface area contributed by atoms with Crippen LogP contribution in [0.3, 0.4) is 0 Å². The minimum Gasteiger partial charge on any atom is -0.300 e. The number of Topliss-reactive ketones (excluding diaryl/α,β-unsaturated/α-hetero) is 1. The fourth-order valence-electron chi connectivity index (χ4n) is 7.46. The molecular formula is C21H38OP+. The second kappa shape index (κ2) is 6.44. The summed E-state index contributed by atoms with van der Waals surface area (Å²) in [6, 6.07) is 0. The summed E-state index contributed by atoms with van der Waals surface area (Å²) in [6.07, 6.45) is 12.5. The van der Waals surface area contributed by atoms with Gasteiger partial charge in [0.05, 0.1) is 17.5 Å². The van der Waals surface area contributed by atoms with Crippen molar-refractivity contribution in [2.24, 2.45) is 23.2 Å². The molecule has 0 bridgehead atoms. The standard InChI is InChI=1S/C21H38OP/c1-6-14-23(5)16(7-2)8-9-17-19-11-10-18(15(3)22)21(19,4)13-12-20(17)23/h16-20H,6-14H2,1-5H3/q+1. The average Bonchev–Trinajstić information content (AvgIpc) is 2.85. The van der Waals surface area contributed by atoms with Crippen LogP contribution in [-0.2, 0) is 4.79 Å². The number of hydrogen-bond donors (Lipinski definition) is 0. The summed E-state index contributed by atoms with van der Waals surface area (Å²) in [4.78, 5) is 12.2. The minimum atomic E-state index is -0.813. The molecule has 1 aliphatic heterocycles. The van der Waals surface area contributed by atoms with Gasteiger partial charge in [-0.1, -0.05) is 20.8 Å². The molecule has 0 spiro atoms. The highest BCUT2D eigenvalue weighted by molar-refractivity contribution is 7.76. The van der Waals surface area contributed by atoms with Gasteiger partial charge in [-0.3, -0.25) is 4.79 Å². The van der Waals surface area contributed by atoms with Gasteiger partial charge in [-0.05, 0) is 75.5 Å². The van der Waals surface area contributed by atoms with Crippen LogP contribution in [0.4, 0.5) is 0 Å². The van der Waals surface area contributed by atoms with E-state index in [2.05, 4.69) is 27.4 Å². The van der Waals surface area contributed by atoms with Crippen LogP contribution in [0, 0.1) is 23.2 Å². The molecular weight excluding hydrogens is 299 g/mol. The Labute approximate surface area is 144 Å². The van der Waals surface area contributed by atoms with E-state index in [1.54, 1.807) is 0 Å². The van der Waals surface area contributed by atoms with Crippen molar-refractivity contribution in [3.05, 3.63) is 0 Å². The van der Waals surface area contributed by atoms with E-state index in [4.69, 9.17) is 0 Å². The summed E-state index contributed by atoms with van der Waals surface area (Å²) in [7, 11) is -0.813. The summed E-state index contributed by atoms with van der Waals surface area (Å²) in [6.45, 7) is 11.9. The van der Waals surface area contributed by atoms with Gasteiger partial charge in [-0.2, -0.15) is 0 Å². The lowest BCUT2D eigenvalue weighted by atomic mass is 9.59. The highest BCUT2D eigenvalue weighted by atomic mass is 31.2. The summed E-state index contributed by atoms with van der Waals surface area (Å²) in [5, 5.41) is 0. The van der Waals surface area contributed by atoms with Crippen LogP contribution in [0.5, 0.6) is 0 Å². The third kappa shape index (κ3) is 2.65. The predicted octanol–water partition coefficient (Wildman–Crippen LogP) is 6.02. The zero-order chi connectivity index (χ0) is 16.8. The predicted molar refractivity (Wildman–Crippen MR) is 103 cm³/mol. The van der Waals surface area contributed by atoms with Crippen LogP contribution in [0.15, 0.2) is 0 Å². The average molecular weight is 338 g/mol. The van der Waals surface area contributed by atoms with Crippen molar-refractivity contribution >= 4 is 13.0 Å². The zero-order valence-corrected chi connectivity index (χ0v) is 17.0. The maximum Gasteiger partial charge on any atom is 0.133 e. The third-order valence-corrected chi connectivity index (χ3v) is 14.4. The molecule has 132 valence electrons. The molecule has 0 radical (unpaired) electrons. The van der Waals surface area contributed by atoms with Crippen molar-refractivity contribution in [3.8, 4) is 0 Å². The van der Waals surface area contributed by atoms with Gasteiger partial charge in [0.25, 0.3) is 0 Å². The second-order valence-corrected chi connectivity index (χ2v) is 13.9. The second-order valence-electron chi connectivity index (χ2n) is 9.33. The molecule has 1 nitrogen and oxygen atoms in total. The van der Waals surface area contributed by atoms with E-state index in [0.717, 1.165) is 23.2 Å². The monoisotopic (exact) mass is 337 g/mol. The van der Waals surface area contributed by atoms with Crippen molar-refractivity contribution in [3.63, 3.8) is 0 Å². The molecule has 23 heavy (non-hydrogen) atoms. The number of carbonyl (C=O) groups excluding carboxylic acids is 1. The van der Waals surface area contributed by atoms with Gasteiger partial charge >= 0.3 is 0 Å². The number of fused-ring (bicyclic) bond motifs is 3. The largest absolute Gasteiger partial charge is 0.300 e. The smallest absolute Gasteiger partial charge is 0.133 e. The van der Waals surface area contributed by atoms with Crippen LogP contribution < -0.4 is 0 Å². The van der Waals surface area contributed by atoms with Crippen LogP contribution in [-0.4, -0.2) is 29.9 Å². The Morgan fingerprint density at radius 3 is 2.48 bits per heavy atom. The number of ketones is 1. The quantitative estimate of drug-likeness (QED) is 0.574. The first-order valence-corrected chi connectivity index (χ1v) is 12.8. The van der Waals surface area contributed by atoms with Gasteiger partial charge in [0.1, 0.15) is 5.78 Å². The Hall–Kier alpha value is 0.100. The maximum absolute atomic E-state index is 12.2. The maximum atomic E-state index is 12.2. The topological polar surface area (TPSA) is 17.1 Å². The molecule has 1 saturated heterocycles. The molecule has 0 amide bonds. The van der Waals surface area contributed by atoms with Crippen LogP contribution in [0.2, 0.25) is 0 Å². The van der Waals surface area contributed by atoms with Crippen molar-refractivity contribution < 1.29 is 4.79 Å². The Bertz CT molecular complexity index is 461. The van der Waals surface area contributed by atoms with E-state index in [0.29, 0.717) is 17.1 Å². The number of rotatable bonds is 4. The fourth-order valence-corrected chi connectivity index (χ4v) is 13.2. The summed E-state index contributed by atoms with van der Waals surface area (Å²) in [5.74, 6) is 2.64. The highest BCUT2D eigenvalue weighted by Crippen LogP contribution is 2.76.